The van der Waals surface area contributed by atoms with E-state index in [2.05, 4.69) is 15.3 Å². The summed E-state index contributed by atoms with van der Waals surface area (Å²) in [4.78, 5) is 22.5. The van der Waals surface area contributed by atoms with Crippen molar-refractivity contribution in [2.24, 2.45) is 10.7 Å². The van der Waals surface area contributed by atoms with E-state index < -0.39 is 5.66 Å². The molecule has 0 saturated carbocycles. The van der Waals surface area contributed by atoms with Gasteiger partial charge in [0.2, 0.25) is 0 Å². The van der Waals surface area contributed by atoms with Crippen LogP contribution in [0.1, 0.15) is 18.4 Å². The van der Waals surface area contributed by atoms with Crippen molar-refractivity contribution < 1.29 is 9.18 Å². The van der Waals surface area contributed by atoms with Gasteiger partial charge < -0.3 is 16.0 Å². The fourth-order valence-electron chi connectivity index (χ4n) is 3.29. The molecule has 2 aromatic rings. The summed E-state index contributed by atoms with van der Waals surface area (Å²) in [6.07, 6.45) is 5.89. The molecule has 0 atom stereocenters. The zero-order chi connectivity index (χ0) is 16.7. The van der Waals surface area contributed by atoms with Gasteiger partial charge in [0, 0.05) is 44.0 Å². The lowest BCUT2D eigenvalue weighted by Crippen LogP contribution is -2.52. The number of nitrogens with two attached hydrogens (primary N) is 1. The Kier molecular flexibility index (Phi) is 3.26. The van der Waals surface area contributed by atoms with Gasteiger partial charge in [-0.3, -0.25) is 4.57 Å². The van der Waals surface area contributed by atoms with Crippen LogP contribution in [-0.2, 0) is 0 Å². The molecule has 2 aliphatic heterocycles. The number of anilines is 1. The molecule has 3 N–H and O–H groups in total. The predicted molar refractivity (Wildman–Crippen MR) is 87.3 cm³/mol. The first-order valence-corrected chi connectivity index (χ1v) is 7.78. The number of benzene rings is 1. The number of hydrogen-bond donors (Lipinski definition) is 2. The summed E-state index contributed by atoms with van der Waals surface area (Å²) in [6, 6.07) is 4.70. The number of rotatable bonds is 0. The van der Waals surface area contributed by atoms with Crippen LogP contribution in [0.4, 0.5) is 14.9 Å². The predicted octanol–water partition coefficient (Wildman–Crippen LogP) is 1.61. The summed E-state index contributed by atoms with van der Waals surface area (Å²) in [6.45, 7) is 1.07. The van der Waals surface area contributed by atoms with Gasteiger partial charge in [-0.1, -0.05) is 6.07 Å². The zero-order valence-electron chi connectivity index (χ0n) is 12.9. The number of hydrogen-bond acceptors (Lipinski definition) is 5. The van der Waals surface area contributed by atoms with Gasteiger partial charge in [0.25, 0.3) is 0 Å². The average Bonchev–Trinajstić information content (AvgIpc) is 3.09. The molecule has 124 valence electrons. The number of aromatic nitrogens is 2. The lowest BCUT2D eigenvalue weighted by atomic mass is 9.94. The molecule has 3 heterocycles. The van der Waals surface area contributed by atoms with E-state index >= 15 is 0 Å². The minimum absolute atomic E-state index is 0.110. The Morgan fingerprint density at radius 2 is 2.12 bits per heavy atom. The second kappa shape index (κ2) is 5.33. The molecule has 4 rings (SSSR count). The normalized spacial score (nSPS) is 18.7. The highest BCUT2D eigenvalue weighted by Crippen LogP contribution is 2.35. The second-order valence-corrected chi connectivity index (χ2v) is 6.06. The minimum Gasteiger partial charge on any atom is -0.383 e. The van der Waals surface area contributed by atoms with E-state index in [9.17, 15) is 9.18 Å². The third-order valence-electron chi connectivity index (χ3n) is 4.56. The number of imidazole rings is 1. The molecule has 0 radical (unpaired) electrons. The van der Waals surface area contributed by atoms with Gasteiger partial charge in [-0.25, -0.2) is 19.2 Å². The van der Waals surface area contributed by atoms with Crippen LogP contribution in [0.5, 0.6) is 0 Å². The summed E-state index contributed by atoms with van der Waals surface area (Å²) in [5.41, 5.74) is 6.38. The molecule has 1 saturated heterocycles. The van der Waals surface area contributed by atoms with Crippen LogP contribution in [0, 0.1) is 5.82 Å². The van der Waals surface area contributed by atoms with Gasteiger partial charge in [-0.05, 0) is 12.1 Å². The highest BCUT2D eigenvalue weighted by atomic mass is 19.1. The van der Waals surface area contributed by atoms with Crippen LogP contribution in [-0.4, -0.2) is 45.1 Å². The number of halogens is 1. The first-order chi connectivity index (χ1) is 11.6. The topological polar surface area (TPSA) is 88.5 Å². The molecule has 1 aromatic heterocycles. The Labute approximate surface area is 138 Å². The molecular formula is C16H17FN6O. The second-order valence-electron chi connectivity index (χ2n) is 6.06. The van der Waals surface area contributed by atoms with Gasteiger partial charge >= 0.3 is 6.03 Å². The molecular weight excluding hydrogens is 311 g/mol. The van der Waals surface area contributed by atoms with Crippen molar-refractivity contribution in [3.63, 3.8) is 0 Å². The summed E-state index contributed by atoms with van der Waals surface area (Å²) in [7, 11) is 0. The lowest BCUT2D eigenvalue weighted by Gasteiger charge is -2.42. The summed E-state index contributed by atoms with van der Waals surface area (Å²) in [5, 5.41) is 3.31. The number of nitrogens with one attached hydrogen (secondary N) is 1. The molecule has 1 aromatic carbocycles. The Hall–Kier alpha value is -2.90. The number of aliphatic imine (C=N–C) groups is 1. The monoisotopic (exact) mass is 328 g/mol. The number of amides is 1. The fourth-order valence-corrected chi connectivity index (χ4v) is 3.29. The van der Waals surface area contributed by atoms with Crippen molar-refractivity contribution in [2.75, 3.05) is 18.4 Å². The van der Waals surface area contributed by atoms with E-state index in [1.54, 1.807) is 29.4 Å². The first-order valence-electron chi connectivity index (χ1n) is 7.78. The van der Waals surface area contributed by atoms with Gasteiger partial charge in [0.05, 0.1) is 5.56 Å². The molecule has 1 amide bonds. The molecule has 0 unspecified atom stereocenters. The number of fused-ring (bicyclic) bond motifs is 1. The van der Waals surface area contributed by atoms with E-state index in [1.807, 2.05) is 0 Å². The number of carbonyl (C=O) groups excluding carboxylic acids is 1. The van der Waals surface area contributed by atoms with Crippen LogP contribution in [0.3, 0.4) is 0 Å². The highest BCUT2D eigenvalue weighted by molar-refractivity contribution is 6.04. The average molecular weight is 328 g/mol. The maximum atomic E-state index is 13.9. The van der Waals surface area contributed by atoms with Crippen molar-refractivity contribution in [1.29, 1.82) is 0 Å². The van der Waals surface area contributed by atoms with E-state index in [0.717, 1.165) is 0 Å². The third kappa shape index (κ3) is 2.31. The van der Waals surface area contributed by atoms with Crippen LogP contribution in [0.15, 0.2) is 41.9 Å². The lowest BCUT2D eigenvalue weighted by molar-refractivity contribution is 0.168. The number of carbonyl (C=O) groups is 1. The van der Waals surface area contributed by atoms with E-state index in [-0.39, 0.29) is 17.7 Å². The van der Waals surface area contributed by atoms with Gasteiger partial charge in [0.15, 0.2) is 0 Å². The molecule has 1 spiro atoms. The number of nitrogens with zero attached hydrogens (tertiary/aromatic N) is 4. The third-order valence-corrected chi connectivity index (χ3v) is 4.56. The zero-order valence-corrected chi connectivity index (χ0v) is 12.9. The maximum Gasteiger partial charge on any atom is 0.329 e. The summed E-state index contributed by atoms with van der Waals surface area (Å²) < 4.78 is 15.4. The Bertz CT molecular complexity index is 808. The molecule has 24 heavy (non-hydrogen) atoms. The summed E-state index contributed by atoms with van der Waals surface area (Å²) >= 11 is 0. The smallest absolute Gasteiger partial charge is 0.329 e. The molecule has 8 heteroatoms. The maximum absolute atomic E-state index is 13.9. The molecule has 2 aliphatic rings. The number of likely N-dealkylation sites (tertiary alicyclic amines) is 1. The molecule has 7 nitrogen and oxygen atoms in total. The largest absolute Gasteiger partial charge is 0.383 e. The van der Waals surface area contributed by atoms with Gasteiger partial charge in [-0.15, -0.1) is 0 Å². The quantitative estimate of drug-likeness (QED) is 0.769. The van der Waals surface area contributed by atoms with Crippen molar-refractivity contribution in [2.45, 2.75) is 18.5 Å². The number of amidine groups is 1. The van der Waals surface area contributed by atoms with E-state index in [1.165, 1.54) is 17.0 Å². The fraction of sp³-hybridized carbons (Fsp3) is 0.312. The van der Waals surface area contributed by atoms with Gasteiger partial charge in [0.1, 0.15) is 23.6 Å². The minimum atomic E-state index is -0.587. The summed E-state index contributed by atoms with van der Waals surface area (Å²) in [5.74, 6) is -0.181. The molecule has 0 aliphatic carbocycles. The molecule has 1 fully saturated rings. The van der Waals surface area contributed by atoms with Crippen molar-refractivity contribution in [3.8, 4) is 0 Å². The standard InChI is InChI=1S/C16H17FN6O/c17-11-2-1-3-12-13(11)14(18)21-16(20-12)4-7-22(8-5-16)15(24)23-9-6-19-10-23/h1-3,6,9-10,20H,4-5,7-8H2,(H2,18,21). The van der Waals surface area contributed by atoms with Crippen LogP contribution < -0.4 is 11.1 Å². The Balaban J connectivity index is 1.54. The first kappa shape index (κ1) is 14.7. The van der Waals surface area contributed by atoms with E-state index in [4.69, 9.17) is 5.73 Å². The van der Waals surface area contributed by atoms with Crippen molar-refractivity contribution in [1.82, 2.24) is 14.5 Å². The van der Waals surface area contributed by atoms with Crippen LogP contribution >= 0.6 is 0 Å². The van der Waals surface area contributed by atoms with Crippen molar-refractivity contribution >= 4 is 17.6 Å². The van der Waals surface area contributed by atoms with Crippen molar-refractivity contribution in [3.05, 3.63) is 48.3 Å². The molecule has 0 bridgehead atoms. The van der Waals surface area contributed by atoms with E-state index in [0.29, 0.717) is 37.2 Å². The van der Waals surface area contributed by atoms with Crippen LogP contribution in [0.25, 0.3) is 0 Å². The highest BCUT2D eigenvalue weighted by Gasteiger charge is 2.39. The Morgan fingerprint density at radius 3 is 2.83 bits per heavy atom. The number of piperidine rings is 1. The SMILES string of the molecule is NC1=NC2(CCN(C(=O)n3ccnc3)CC2)Nc2cccc(F)c21. The Morgan fingerprint density at radius 1 is 1.33 bits per heavy atom. The van der Waals surface area contributed by atoms with Gasteiger partial charge in [-0.2, -0.15) is 0 Å². The van der Waals surface area contributed by atoms with Crippen LogP contribution in [0.2, 0.25) is 0 Å².